The second-order valence-corrected chi connectivity index (χ2v) is 5.48. The first-order chi connectivity index (χ1) is 9.22. The minimum absolute atomic E-state index is 0.0786. The van der Waals surface area contributed by atoms with Crippen LogP contribution in [0.2, 0.25) is 0 Å². The van der Waals surface area contributed by atoms with E-state index in [1.165, 1.54) is 0 Å². The summed E-state index contributed by atoms with van der Waals surface area (Å²) >= 11 is 1.83. The predicted octanol–water partition coefficient (Wildman–Crippen LogP) is 1.52. The summed E-state index contributed by atoms with van der Waals surface area (Å²) in [4.78, 5) is 10.5. The van der Waals surface area contributed by atoms with Gasteiger partial charge >= 0.3 is 5.97 Å². The van der Waals surface area contributed by atoms with E-state index in [4.69, 9.17) is 10.2 Å². The maximum absolute atomic E-state index is 10.5. The lowest BCUT2D eigenvalue weighted by Gasteiger charge is -2.05. The van der Waals surface area contributed by atoms with E-state index in [-0.39, 0.29) is 13.0 Å². The van der Waals surface area contributed by atoms with E-state index in [2.05, 4.69) is 5.32 Å². The van der Waals surface area contributed by atoms with Gasteiger partial charge in [-0.25, -0.2) is 0 Å². The van der Waals surface area contributed by atoms with Crippen molar-refractivity contribution in [1.29, 1.82) is 0 Å². The number of carboxylic acids is 1. The summed E-state index contributed by atoms with van der Waals surface area (Å²) < 4.78 is 0. The summed E-state index contributed by atoms with van der Waals surface area (Å²) in [6.07, 6.45) is 0.935. The van der Waals surface area contributed by atoms with Gasteiger partial charge in [-0.05, 0) is 23.3 Å². The number of aliphatic carboxylic acids is 1. The molecule has 3 N–H and O–H groups in total. The highest BCUT2D eigenvalue weighted by Crippen LogP contribution is 2.05. The molecule has 0 radical (unpaired) electrons. The Balaban J connectivity index is 2.14. The summed E-state index contributed by atoms with van der Waals surface area (Å²) in [7, 11) is 0. The van der Waals surface area contributed by atoms with E-state index in [0.29, 0.717) is 0 Å². The zero-order chi connectivity index (χ0) is 13.9. The molecule has 0 aliphatic carbocycles. The molecule has 0 amide bonds. The molecular formula is C14H21NO3S. The number of rotatable bonds is 10. The average Bonchev–Trinajstić information content (AvgIpc) is 2.39. The van der Waals surface area contributed by atoms with Crippen molar-refractivity contribution >= 4 is 17.7 Å². The number of benzene rings is 1. The molecule has 4 nitrogen and oxygen atoms in total. The molecule has 19 heavy (non-hydrogen) atoms. The van der Waals surface area contributed by atoms with E-state index >= 15 is 0 Å². The number of aliphatic hydroxyl groups is 1. The van der Waals surface area contributed by atoms with Gasteiger partial charge in [0.05, 0.1) is 6.42 Å². The minimum Gasteiger partial charge on any atom is -0.481 e. The molecule has 0 aliphatic heterocycles. The number of thioether (sulfide) groups is 1. The first-order valence-electron chi connectivity index (χ1n) is 6.41. The van der Waals surface area contributed by atoms with E-state index in [1.807, 2.05) is 36.0 Å². The number of nitrogens with one attached hydrogen (secondary N) is 1. The zero-order valence-corrected chi connectivity index (χ0v) is 11.8. The fraction of sp³-hybridized carbons (Fsp3) is 0.500. The quantitative estimate of drug-likeness (QED) is 0.568. The molecule has 5 heteroatoms. The van der Waals surface area contributed by atoms with Gasteiger partial charge in [-0.3, -0.25) is 4.79 Å². The first kappa shape index (κ1) is 16.0. The summed E-state index contributed by atoms with van der Waals surface area (Å²) in [5.74, 6) is 1.24. The number of hydrogen-bond donors (Lipinski definition) is 3. The summed E-state index contributed by atoms with van der Waals surface area (Å²) in [6.45, 7) is 2.00. The maximum atomic E-state index is 10.5. The molecule has 0 bridgehead atoms. The molecule has 1 aromatic rings. The van der Waals surface area contributed by atoms with Crippen LogP contribution in [0, 0.1) is 0 Å². The fourth-order valence-corrected chi connectivity index (χ4v) is 2.42. The Bertz CT molecular complexity index is 367. The first-order valence-corrected chi connectivity index (χ1v) is 7.57. The molecule has 0 heterocycles. The Hall–Kier alpha value is -1.04. The van der Waals surface area contributed by atoms with Gasteiger partial charge in [-0.1, -0.05) is 24.3 Å². The molecule has 0 atom stereocenters. The number of carbonyl (C=O) groups is 1. The van der Waals surface area contributed by atoms with Crippen molar-refractivity contribution in [3.05, 3.63) is 35.4 Å². The summed E-state index contributed by atoms with van der Waals surface area (Å²) in [5, 5.41) is 20.6. The Morgan fingerprint density at radius 2 is 1.84 bits per heavy atom. The fourth-order valence-electron chi connectivity index (χ4n) is 1.60. The van der Waals surface area contributed by atoms with E-state index in [0.717, 1.165) is 42.1 Å². The van der Waals surface area contributed by atoms with Crippen LogP contribution in [0.3, 0.4) is 0 Å². The molecule has 0 aliphatic rings. The normalized spacial score (nSPS) is 10.6. The molecule has 0 spiro atoms. The molecular weight excluding hydrogens is 262 g/mol. The van der Waals surface area contributed by atoms with Gasteiger partial charge in [0, 0.05) is 25.4 Å². The highest BCUT2D eigenvalue weighted by molar-refractivity contribution is 7.99. The molecule has 0 fully saturated rings. The zero-order valence-electron chi connectivity index (χ0n) is 11.0. The number of aliphatic hydroxyl groups excluding tert-OH is 1. The Morgan fingerprint density at radius 3 is 2.47 bits per heavy atom. The Labute approximate surface area is 118 Å². The number of hydrogen-bond acceptors (Lipinski definition) is 4. The van der Waals surface area contributed by atoms with Crippen molar-refractivity contribution in [2.45, 2.75) is 19.4 Å². The summed E-state index contributed by atoms with van der Waals surface area (Å²) in [5.41, 5.74) is 1.99. The second kappa shape index (κ2) is 9.83. The SMILES string of the molecule is O=C(O)Cc1ccc(CNCCSCCCO)cc1. The molecule has 0 saturated carbocycles. The largest absolute Gasteiger partial charge is 0.481 e. The smallest absolute Gasteiger partial charge is 0.307 e. The third-order valence-electron chi connectivity index (χ3n) is 2.58. The average molecular weight is 283 g/mol. The Morgan fingerprint density at radius 1 is 1.16 bits per heavy atom. The monoisotopic (exact) mass is 283 g/mol. The van der Waals surface area contributed by atoms with Crippen LogP contribution in [0.5, 0.6) is 0 Å². The van der Waals surface area contributed by atoms with Crippen molar-refractivity contribution in [2.75, 3.05) is 24.7 Å². The van der Waals surface area contributed by atoms with Crippen LogP contribution in [0.15, 0.2) is 24.3 Å². The van der Waals surface area contributed by atoms with Crippen molar-refractivity contribution < 1.29 is 15.0 Å². The van der Waals surface area contributed by atoms with Crippen molar-refractivity contribution in [3.8, 4) is 0 Å². The third kappa shape index (κ3) is 7.87. The molecule has 0 saturated heterocycles. The maximum Gasteiger partial charge on any atom is 0.307 e. The van der Waals surface area contributed by atoms with Crippen LogP contribution >= 0.6 is 11.8 Å². The van der Waals surface area contributed by atoms with E-state index in [1.54, 1.807) is 0 Å². The Kier molecular flexibility index (Phi) is 8.29. The van der Waals surface area contributed by atoms with Crippen LogP contribution < -0.4 is 5.32 Å². The van der Waals surface area contributed by atoms with E-state index in [9.17, 15) is 4.79 Å². The van der Waals surface area contributed by atoms with Crippen molar-refractivity contribution in [2.24, 2.45) is 0 Å². The second-order valence-electron chi connectivity index (χ2n) is 4.25. The van der Waals surface area contributed by atoms with Crippen LogP contribution in [-0.2, 0) is 17.8 Å². The highest BCUT2D eigenvalue weighted by Gasteiger charge is 2.00. The lowest BCUT2D eigenvalue weighted by atomic mass is 10.1. The van der Waals surface area contributed by atoms with Crippen LogP contribution in [0.25, 0.3) is 0 Å². The predicted molar refractivity (Wildman–Crippen MR) is 78.5 cm³/mol. The molecule has 0 aromatic heterocycles. The third-order valence-corrected chi connectivity index (χ3v) is 3.65. The van der Waals surface area contributed by atoms with Crippen LogP contribution in [0.4, 0.5) is 0 Å². The molecule has 1 rings (SSSR count). The molecule has 1 aromatic carbocycles. The van der Waals surface area contributed by atoms with Gasteiger partial charge in [0.15, 0.2) is 0 Å². The lowest BCUT2D eigenvalue weighted by molar-refractivity contribution is -0.136. The van der Waals surface area contributed by atoms with Gasteiger partial charge in [0.1, 0.15) is 0 Å². The van der Waals surface area contributed by atoms with E-state index < -0.39 is 5.97 Å². The van der Waals surface area contributed by atoms with Crippen molar-refractivity contribution in [3.63, 3.8) is 0 Å². The van der Waals surface area contributed by atoms with Gasteiger partial charge in [0.2, 0.25) is 0 Å². The lowest BCUT2D eigenvalue weighted by Crippen LogP contribution is -2.16. The standard InChI is InChI=1S/C14H21NO3S/c16-7-1-8-19-9-6-15-11-13-4-2-12(3-5-13)10-14(17)18/h2-5,15-16H,1,6-11H2,(H,17,18). The van der Waals surface area contributed by atoms with Crippen LogP contribution in [0.1, 0.15) is 17.5 Å². The number of carboxylic acid groups (broad SMARTS) is 1. The topological polar surface area (TPSA) is 69.6 Å². The van der Waals surface area contributed by atoms with Crippen molar-refractivity contribution in [1.82, 2.24) is 5.32 Å². The van der Waals surface area contributed by atoms with Gasteiger partial charge in [-0.2, -0.15) is 11.8 Å². The molecule has 106 valence electrons. The summed E-state index contributed by atoms with van der Waals surface area (Å²) in [6, 6.07) is 7.65. The van der Waals surface area contributed by atoms with Gasteiger partial charge in [0.25, 0.3) is 0 Å². The van der Waals surface area contributed by atoms with Crippen LogP contribution in [-0.4, -0.2) is 40.8 Å². The van der Waals surface area contributed by atoms with Gasteiger partial charge in [-0.15, -0.1) is 0 Å². The minimum atomic E-state index is -0.800. The molecule has 0 unspecified atom stereocenters. The van der Waals surface area contributed by atoms with Gasteiger partial charge < -0.3 is 15.5 Å². The highest BCUT2D eigenvalue weighted by atomic mass is 32.2.